The molecule has 0 bridgehead atoms. The number of rotatable bonds is 8. The van der Waals surface area contributed by atoms with Gasteiger partial charge in [-0.3, -0.25) is 0 Å². The average molecular weight is 1100 g/mol. The normalized spacial score (nSPS) is 13.1. The zero-order valence-corrected chi connectivity index (χ0v) is 47.6. The van der Waals surface area contributed by atoms with Crippen LogP contribution < -0.4 is 0 Å². The van der Waals surface area contributed by atoms with Crippen molar-refractivity contribution in [3.05, 3.63) is 348 Å². The molecule has 0 atom stereocenters. The van der Waals surface area contributed by atoms with Crippen molar-refractivity contribution in [3.63, 3.8) is 0 Å². The minimum Gasteiger partial charge on any atom is -0.309 e. The van der Waals surface area contributed by atoms with E-state index in [1.807, 2.05) is 0 Å². The van der Waals surface area contributed by atoms with E-state index in [-0.39, 0.29) is 0 Å². The standard InChI is InChI=1S/C85H54N2/c1-3-19-65-61(15-1)17-13-29-79(65)86-81-27-11-7-23-71(81)73-51-57(39-49-83(73)86)33-31-55-35-41-59(42-36-55)63-45-47-69-70-48-46-64(54-78(70)85(77(69)53-63)75-25-9-5-21-67(75)68-22-6-10-26-76(68)85)60-43-37-56(38-44-60)32-34-58-40-50-84-74(52-58)72-24-8-12-28-82(72)87(84)80-30-14-18-62-16-2-4-20-66(62)80/h1-54H/b33-31+,34-32+. The van der Waals surface area contributed by atoms with Gasteiger partial charge in [0.15, 0.2) is 0 Å². The fraction of sp³-hybridized carbons (Fsp3) is 0.0118. The van der Waals surface area contributed by atoms with Crippen LogP contribution in [-0.2, 0) is 5.41 Å². The van der Waals surface area contributed by atoms with Crippen LogP contribution in [0.5, 0.6) is 0 Å². The largest absolute Gasteiger partial charge is 0.309 e. The van der Waals surface area contributed by atoms with E-state index in [1.165, 1.54) is 154 Å². The van der Waals surface area contributed by atoms with Gasteiger partial charge in [0.25, 0.3) is 0 Å². The van der Waals surface area contributed by atoms with Crippen molar-refractivity contribution < 1.29 is 0 Å². The van der Waals surface area contributed by atoms with E-state index in [1.54, 1.807) is 0 Å². The summed E-state index contributed by atoms with van der Waals surface area (Å²) in [7, 11) is 0. The van der Waals surface area contributed by atoms with Gasteiger partial charge in [0.2, 0.25) is 0 Å². The van der Waals surface area contributed by atoms with Crippen molar-refractivity contribution in [1.29, 1.82) is 0 Å². The number of aromatic nitrogens is 2. The molecule has 18 rings (SSSR count). The van der Waals surface area contributed by atoms with Gasteiger partial charge >= 0.3 is 0 Å². The Hall–Kier alpha value is -11.3. The molecular formula is C85H54N2. The lowest BCUT2D eigenvalue weighted by Crippen LogP contribution is -2.26. The molecule has 2 aliphatic carbocycles. The first-order valence-electron chi connectivity index (χ1n) is 30.2. The second kappa shape index (κ2) is 19.4. The van der Waals surface area contributed by atoms with Gasteiger partial charge in [0, 0.05) is 32.3 Å². The molecule has 0 fully saturated rings. The highest BCUT2D eigenvalue weighted by atomic mass is 15.0. The van der Waals surface area contributed by atoms with Crippen molar-refractivity contribution in [2.24, 2.45) is 0 Å². The molecule has 2 nitrogen and oxygen atoms in total. The molecule has 87 heavy (non-hydrogen) atoms. The van der Waals surface area contributed by atoms with E-state index in [2.05, 4.69) is 337 Å². The zero-order valence-electron chi connectivity index (χ0n) is 47.6. The summed E-state index contributed by atoms with van der Waals surface area (Å²) in [5.41, 5.74) is 26.8. The van der Waals surface area contributed by atoms with Gasteiger partial charge in [-0.25, -0.2) is 0 Å². The summed E-state index contributed by atoms with van der Waals surface area (Å²) in [6.45, 7) is 0. The first-order chi connectivity index (χ1) is 43.1. The van der Waals surface area contributed by atoms with Crippen LogP contribution in [0.2, 0.25) is 0 Å². The monoisotopic (exact) mass is 1100 g/mol. The molecular weight excluding hydrogens is 1050 g/mol. The molecule has 1 spiro atoms. The summed E-state index contributed by atoms with van der Waals surface area (Å²) in [6.07, 6.45) is 8.98. The summed E-state index contributed by atoms with van der Waals surface area (Å²) in [6, 6.07) is 113. The molecule has 0 radical (unpaired) electrons. The third-order valence-electron chi connectivity index (χ3n) is 18.9. The molecule has 14 aromatic carbocycles. The minimum absolute atomic E-state index is 0.486. The van der Waals surface area contributed by atoms with Crippen LogP contribution in [0.15, 0.2) is 303 Å². The highest BCUT2D eigenvalue weighted by Crippen LogP contribution is 2.63. The molecule has 0 N–H and O–H groups in total. The molecule has 2 heterocycles. The molecule has 0 saturated carbocycles. The molecule has 0 amide bonds. The summed E-state index contributed by atoms with van der Waals surface area (Å²) in [5.74, 6) is 0. The van der Waals surface area contributed by atoms with Crippen LogP contribution in [0, 0.1) is 0 Å². The quantitative estimate of drug-likeness (QED) is 0.134. The van der Waals surface area contributed by atoms with Crippen molar-refractivity contribution in [1.82, 2.24) is 9.13 Å². The second-order valence-corrected chi connectivity index (χ2v) is 23.5. The molecule has 2 aliphatic rings. The van der Waals surface area contributed by atoms with E-state index < -0.39 is 5.41 Å². The SMILES string of the molecule is C(=C\c1ccc2c(c1)c1ccccc1n2-c1cccc2ccccc12)/c1ccc(-c2ccc3c(c2)C2(c4ccccc4-c4ccccc42)c2cc(-c4ccc(/C=C/c5ccc6c(c5)c5ccccc5n6-c5cccc6ccccc56)cc4)ccc2-3)cc1. The Kier molecular flexibility index (Phi) is 10.9. The Labute approximate surface area is 504 Å². The Morgan fingerprint density at radius 3 is 1.03 bits per heavy atom. The van der Waals surface area contributed by atoms with Crippen molar-refractivity contribution in [3.8, 4) is 55.9 Å². The Morgan fingerprint density at radius 2 is 0.563 bits per heavy atom. The number of nitrogens with zero attached hydrogens (tertiary/aromatic N) is 2. The fourth-order valence-corrected chi connectivity index (χ4v) is 15.0. The maximum absolute atomic E-state index is 2.49. The van der Waals surface area contributed by atoms with Crippen LogP contribution in [0.1, 0.15) is 44.5 Å². The molecule has 16 aromatic rings. The van der Waals surface area contributed by atoms with Crippen LogP contribution in [0.25, 0.3) is 145 Å². The highest BCUT2D eigenvalue weighted by molar-refractivity contribution is 6.13. The van der Waals surface area contributed by atoms with E-state index in [9.17, 15) is 0 Å². The van der Waals surface area contributed by atoms with Crippen molar-refractivity contribution in [2.45, 2.75) is 5.41 Å². The van der Waals surface area contributed by atoms with Gasteiger partial charge in [-0.05, 0) is 160 Å². The lowest BCUT2D eigenvalue weighted by atomic mass is 9.70. The second-order valence-electron chi connectivity index (χ2n) is 23.5. The Bertz CT molecular complexity index is 5210. The van der Waals surface area contributed by atoms with E-state index in [0.29, 0.717) is 0 Å². The number of para-hydroxylation sites is 2. The van der Waals surface area contributed by atoms with E-state index in [0.717, 1.165) is 11.1 Å². The first-order valence-corrected chi connectivity index (χ1v) is 30.2. The smallest absolute Gasteiger partial charge is 0.0725 e. The zero-order chi connectivity index (χ0) is 57.2. The Morgan fingerprint density at radius 1 is 0.218 bits per heavy atom. The van der Waals surface area contributed by atoms with Crippen LogP contribution >= 0.6 is 0 Å². The van der Waals surface area contributed by atoms with Crippen molar-refractivity contribution >= 4 is 89.5 Å². The topological polar surface area (TPSA) is 9.86 Å². The number of hydrogen-bond acceptors (Lipinski definition) is 0. The van der Waals surface area contributed by atoms with E-state index in [4.69, 9.17) is 0 Å². The van der Waals surface area contributed by atoms with Gasteiger partial charge < -0.3 is 9.13 Å². The summed E-state index contributed by atoms with van der Waals surface area (Å²) < 4.78 is 4.85. The summed E-state index contributed by atoms with van der Waals surface area (Å²) >= 11 is 0. The predicted molar refractivity (Wildman–Crippen MR) is 368 cm³/mol. The fourth-order valence-electron chi connectivity index (χ4n) is 15.0. The summed E-state index contributed by atoms with van der Waals surface area (Å²) in [5, 5.41) is 9.98. The number of hydrogen-bond donors (Lipinski definition) is 0. The molecule has 0 unspecified atom stereocenters. The van der Waals surface area contributed by atoms with Crippen LogP contribution in [-0.4, -0.2) is 9.13 Å². The first kappa shape index (κ1) is 49.1. The molecule has 2 heteroatoms. The van der Waals surface area contributed by atoms with Gasteiger partial charge in [-0.1, -0.05) is 267 Å². The molecule has 404 valence electrons. The van der Waals surface area contributed by atoms with Gasteiger partial charge in [-0.2, -0.15) is 0 Å². The average Bonchev–Trinajstić information content (AvgIpc) is 1.52. The maximum Gasteiger partial charge on any atom is 0.0725 e. The lowest BCUT2D eigenvalue weighted by molar-refractivity contribution is 0.794. The number of fused-ring (bicyclic) bond motifs is 18. The molecule has 2 aromatic heterocycles. The third kappa shape index (κ3) is 7.54. The highest BCUT2D eigenvalue weighted by Gasteiger charge is 2.51. The van der Waals surface area contributed by atoms with Gasteiger partial charge in [0.05, 0.1) is 38.9 Å². The van der Waals surface area contributed by atoms with E-state index >= 15 is 0 Å². The lowest BCUT2D eigenvalue weighted by Gasteiger charge is -2.31. The maximum atomic E-state index is 2.49. The van der Waals surface area contributed by atoms with Crippen LogP contribution in [0.3, 0.4) is 0 Å². The molecule has 0 saturated heterocycles. The molecule has 0 aliphatic heterocycles. The van der Waals surface area contributed by atoms with Gasteiger partial charge in [0.1, 0.15) is 0 Å². The summed E-state index contributed by atoms with van der Waals surface area (Å²) in [4.78, 5) is 0. The third-order valence-corrected chi connectivity index (χ3v) is 18.9. The predicted octanol–water partition coefficient (Wildman–Crippen LogP) is 22.2. The minimum atomic E-state index is -0.486. The van der Waals surface area contributed by atoms with Gasteiger partial charge in [-0.15, -0.1) is 0 Å². The Balaban J connectivity index is 0.659. The van der Waals surface area contributed by atoms with Crippen molar-refractivity contribution in [2.75, 3.05) is 0 Å². The number of benzene rings is 14. The van der Waals surface area contributed by atoms with Crippen LogP contribution in [0.4, 0.5) is 0 Å².